The van der Waals surface area contributed by atoms with Gasteiger partial charge in [-0.1, -0.05) is 6.07 Å². The maximum Gasteiger partial charge on any atom is 0.153 e. The smallest absolute Gasteiger partial charge is 0.153 e. The molecular weight excluding hydrogens is 428 g/mol. The third-order valence-corrected chi connectivity index (χ3v) is 6.85. The van der Waals surface area contributed by atoms with Crippen LogP contribution in [-0.4, -0.2) is 49.5 Å². The van der Waals surface area contributed by atoms with E-state index in [1.54, 1.807) is 6.33 Å². The summed E-state index contributed by atoms with van der Waals surface area (Å²) in [6.45, 7) is 3.50. The Kier molecular flexibility index (Phi) is 4.71. The van der Waals surface area contributed by atoms with Crippen molar-refractivity contribution in [3.8, 4) is 11.9 Å². The number of pyridine rings is 1. The van der Waals surface area contributed by atoms with Crippen LogP contribution >= 0.6 is 0 Å². The number of aryl methyl sites for hydroxylation is 1. The van der Waals surface area contributed by atoms with E-state index in [9.17, 15) is 10.4 Å². The maximum absolute atomic E-state index is 9.59. The first kappa shape index (κ1) is 20.6. The first-order valence-electron chi connectivity index (χ1n) is 11.4. The van der Waals surface area contributed by atoms with Crippen LogP contribution in [0.15, 0.2) is 48.8 Å². The Labute approximate surface area is 196 Å². The molecular formula is C25H24N8O. The fourth-order valence-corrected chi connectivity index (χ4v) is 4.90. The molecule has 4 heterocycles. The van der Waals surface area contributed by atoms with Crippen molar-refractivity contribution in [1.29, 1.82) is 5.26 Å². The number of hydrogen-bond acceptors (Lipinski definition) is 8. The molecule has 0 spiro atoms. The summed E-state index contributed by atoms with van der Waals surface area (Å²) in [5.74, 6) is 2.71. The predicted molar refractivity (Wildman–Crippen MR) is 128 cm³/mol. The first-order chi connectivity index (χ1) is 16.6. The van der Waals surface area contributed by atoms with Crippen molar-refractivity contribution in [2.24, 2.45) is 11.3 Å². The van der Waals surface area contributed by atoms with Crippen LogP contribution in [0.3, 0.4) is 0 Å². The van der Waals surface area contributed by atoms with Crippen LogP contribution in [0.5, 0.6) is 0 Å². The van der Waals surface area contributed by atoms with Crippen molar-refractivity contribution in [2.45, 2.75) is 19.8 Å². The van der Waals surface area contributed by atoms with Crippen molar-refractivity contribution in [3.05, 3.63) is 60.0 Å². The maximum atomic E-state index is 9.59. The van der Waals surface area contributed by atoms with Crippen LogP contribution in [0, 0.1) is 29.6 Å². The minimum atomic E-state index is -0.221. The van der Waals surface area contributed by atoms with E-state index in [0.29, 0.717) is 24.7 Å². The summed E-state index contributed by atoms with van der Waals surface area (Å²) in [5.41, 5.74) is 4.29. The highest BCUT2D eigenvalue weighted by Crippen LogP contribution is 2.57. The third-order valence-electron chi connectivity index (χ3n) is 6.85. The predicted octanol–water partition coefficient (Wildman–Crippen LogP) is 3.15. The van der Waals surface area contributed by atoms with E-state index in [1.165, 1.54) is 0 Å². The van der Waals surface area contributed by atoms with Gasteiger partial charge in [-0.05, 0) is 67.6 Å². The van der Waals surface area contributed by atoms with Crippen LogP contribution in [0.2, 0.25) is 0 Å². The Morgan fingerprint density at radius 2 is 2.12 bits per heavy atom. The normalized spacial score (nSPS) is 20.9. The largest absolute Gasteiger partial charge is 0.396 e. The summed E-state index contributed by atoms with van der Waals surface area (Å²) >= 11 is 0. The molecule has 2 aliphatic rings. The zero-order chi connectivity index (χ0) is 23.3. The SMILES string of the molecule is Cc1ccc(Nc2ccc3c(c2)ncn3-c2ccc(CCO)c(N3CC4CC4(C#N)C3)n2)nn1. The van der Waals surface area contributed by atoms with E-state index in [1.807, 2.05) is 54.0 Å². The molecule has 4 aromatic rings. The molecule has 1 saturated heterocycles. The van der Waals surface area contributed by atoms with Gasteiger partial charge in [0.25, 0.3) is 0 Å². The highest BCUT2D eigenvalue weighted by atomic mass is 16.3. The number of piperidine rings is 1. The van der Waals surface area contributed by atoms with Crippen LogP contribution in [0.25, 0.3) is 16.9 Å². The summed E-state index contributed by atoms with van der Waals surface area (Å²) in [5, 5.41) is 30.7. The Morgan fingerprint density at radius 1 is 1.21 bits per heavy atom. The van der Waals surface area contributed by atoms with Gasteiger partial charge in [0.15, 0.2) is 5.82 Å². The summed E-state index contributed by atoms with van der Waals surface area (Å²) < 4.78 is 1.97. The molecule has 0 radical (unpaired) electrons. The van der Waals surface area contributed by atoms with Crippen LogP contribution < -0.4 is 10.2 Å². The van der Waals surface area contributed by atoms with E-state index >= 15 is 0 Å². The number of nitrogens with one attached hydrogen (secondary N) is 1. The molecule has 9 heteroatoms. The molecule has 1 aliphatic carbocycles. The van der Waals surface area contributed by atoms with Crippen molar-refractivity contribution in [3.63, 3.8) is 0 Å². The highest BCUT2D eigenvalue weighted by Gasteiger charge is 2.61. The van der Waals surface area contributed by atoms with Crippen molar-refractivity contribution < 1.29 is 5.11 Å². The summed E-state index contributed by atoms with van der Waals surface area (Å²) in [6.07, 6.45) is 3.28. The average Bonchev–Trinajstić information content (AvgIpc) is 3.19. The number of nitrogens with zero attached hydrogens (tertiary/aromatic N) is 7. The van der Waals surface area contributed by atoms with Gasteiger partial charge < -0.3 is 15.3 Å². The van der Waals surface area contributed by atoms with Crippen LogP contribution in [-0.2, 0) is 6.42 Å². The van der Waals surface area contributed by atoms with Crippen LogP contribution in [0.4, 0.5) is 17.3 Å². The number of nitriles is 1. The number of fused-ring (bicyclic) bond motifs is 2. The number of imidazole rings is 1. The van der Waals surface area contributed by atoms with Gasteiger partial charge in [0.2, 0.25) is 0 Å². The van der Waals surface area contributed by atoms with Crippen LogP contribution in [0.1, 0.15) is 17.7 Å². The van der Waals surface area contributed by atoms with Gasteiger partial charge in [0.1, 0.15) is 18.0 Å². The monoisotopic (exact) mass is 452 g/mol. The first-order valence-corrected chi connectivity index (χ1v) is 11.4. The van der Waals surface area contributed by atoms with Gasteiger partial charge in [0, 0.05) is 25.4 Å². The van der Waals surface area contributed by atoms with E-state index in [0.717, 1.165) is 52.6 Å². The molecule has 34 heavy (non-hydrogen) atoms. The third kappa shape index (κ3) is 3.43. The average molecular weight is 453 g/mol. The molecule has 0 bridgehead atoms. The summed E-state index contributed by atoms with van der Waals surface area (Å²) in [4.78, 5) is 11.8. The molecule has 9 nitrogen and oxygen atoms in total. The van der Waals surface area contributed by atoms with Gasteiger partial charge in [-0.25, -0.2) is 9.97 Å². The molecule has 2 atom stereocenters. The minimum Gasteiger partial charge on any atom is -0.396 e. The number of rotatable bonds is 6. The Bertz CT molecular complexity index is 1420. The van der Waals surface area contributed by atoms with E-state index < -0.39 is 0 Å². The fraction of sp³-hybridized carbons (Fsp3) is 0.320. The molecule has 3 aromatic heterocycles. The van der Waals surface area contributed by atoms with Gasteiger partial charge in [-0.3, -0.25) is 4.57 Å². The Hall–Kier alpha value is -4.03. The molecule has 2 unspecified atom stereocenters. The molecule has 1 aromatic carbocycles. The van der Waals surface area contributed by atoms with Crippen molar-refractivity contribution in [2.75, 3.05) is 29.9 Å². The number of anilines is 3. The number of aromatic nitrogens is 5. The van der Waals surface area contributed by atoms with Crippen molar-refractivity contribution >= 4 is 28.4 Å². The lowest BCUT2D eigenvalue weighted by molar-refractivity contribution is 0.299. The van der Waals surface area contributed by atoms with Gasteiger partial charge in [0.05, 0.1) is 28.2 Å². The summed E-state index contributed by atoms with van der Waals surface area (Å²) in [6, 6.07) is 16.2. The van der Waals surface area contributed by atoms with Gasteiger partial charge in [-0.2, -0.15) is 10.4 Å². The Balaban J connectivity index is 1.32. The topological polar surface area (TPSA) is 116 Å². The molecule has 1 saturated carbocycles. The fourth-order valence-electron chi connectivity index (χ4n) is 4.90. The lowest BCUT2D eigenvalue weighted by Gasteiger charge is -2.23. The number of hydrogen-bond donors (Lipinski definition) is 2. The number of benzene rings is 1. The van der Waals surface area contributed by atoms with E-state index in [2.05, 4.69) is 31.5 Å². The molecule has 2 fully saturated rings. The van der Waals surface area contributed by atoms with E-state index in [4.69, 9.17) is 4.98 Å². The van der Waals surface area contributed by atoms with Gasteiger partial charge in [-0.15, -0.1) is 5.10 Å². The lowest BCUT2D eigenvalue weighted by Crippen LogP contribution is -2.27. The zero-order valence-corrected chi connectivity index (χ0v) is 18.8. The molecule has 170 valence electrons. The van der Waals surface area contributed by atoms with Gasteiger partial charge >= 0.3 is 0 Å². The lowest BCUT2D eigenvalue weighted by atomic mass is 10.1. The minimum absolute atomic E-state index is 0.0594. The highest BCUT2D eigenvalue weighted by molar-refractivity contribution is 5.82. The number of aliphatic hydroxyl groups excluding tert-OH is 1. The number of aliphatic hydroxyl groups is 1. The molecule has 6 rings (SSSR count). The molecule has 2 N–H and O–H groups in total. The molecule has 0 amide bonds. The van der Waals surface area contributed by atoms with Crippen molar-refractivity contribution in [1.82, 2.24) is 24.7 Å². The van der Waals surface area contributed by atoms with E-state index in [-0.39, 0.29) is 12.0 Å². The second-order valence-corrected chi connectivity index (χ2v) is 9.18. The second kappa shape index (κ2) is 7.78. The second-order valence-electron chi connectivity index (χ2n) is 9.18. The Morgan fingerprint density at radius 3 is 2.88 bits per heavy atom. The zero-order valence-electron chi connectivity index (χ0n) is 18.8. The molecule has 1 aliphatic heterocycles. The quantitative estimate of drug-likeness (QED) is 0.458. The summed E-state index contributed by atoms with van der Waals surface area (Å²) in [7, 11) is 0. The standard InChI is InChI=1S/C25H24N8O/c1-16-2-6-22(31-30-16)28-19-4-5-21-20(10-19)27-15-33(21)23-7-3-17(8-9-34)24(29-23)32-12-18-11-25(18,13-26)14-32/h2-7,10,15,18,34H,8-9,11-12,14H2,1H3,(H,28,31).